The third kappa shape index (κ3) is 2.77. The van der Waals surface area contributed by atoms with E-state index < -0.39 is 5.41 Å². The van der Waals surface area contributed by atoms with Crippen LogP contribution in [-0.2, 0) is 11.2 Å². The van der Waals surface area contributed by atoms with Crippen LogP contribution in [0.15, 0.2) is 23.1 Å². The van der Waals surface area contributed by atoms with E-state index in [0.717, 1.165) is 0 Å². The smallest absolute Gasteiger partial charge is 0.234 e. The molecule has 0 aliphatic heterocycles. The molecule has 94 valence electrons. The van der Waals surface area contributed by atoms with Crippen molar-refractivity contribution < 1.29 is 9.32 Å². The van der Waals surface area contributed by atoms with Gasteiger partial charge in [-0.05, 0) is 0 Å². The molecule has 6 nitrogen and oxygen atoms in total. The summed E-state index contributed by atoms with van der Waals surface area (Å²) in [6.45, 7) is 5.57. The lowest BCUT2D eigenvalue weighted by atomic mass is 9.89. The van der Waals surface area contributed by atoms with Crippen LogP contribution in [0.1, 0.15) is 26.7 Å². The highest BCUT2D eigenvalue weighted by molar-refractivity contribution is 5.85. The van der Waals surface area contributed by atoms with E-state index in [4.69, 9.17) is 4.52 Å². The summed E-state index contributed by atoms with van der Waals surface area (Å²) in [5, 5.41) is 3.78. The summed E-state index contributed by atoms with van der Waals surface area (Å²) in [5.41, 5.74) is 0.108. The van der Waals surface area contributed by atoms with Gasteiger partial charge in [-0.3, -0.25) is 9.78 Å². The fourth-order valence-corrected chi connectivity index (χ4v) is 1.25. The first-order valence-electron chi connectivity index (χ1n) is 5.59. The highest BCUT2D eigenvalue weighted by Crippen LogP contribution is 2.18. The Labute approximate surface area is 104 Å². The van der Waals surface area contributed by atoms with E-state index in [2.05, 4.69) is 20.1 Å². The van der Waals surface area contributed by atoms with E-state index in [1.54, 1.807) is 18.6 Å². The third-order valence-electron chi connectivity index (χ3n) is 2.41. The van der Waals surface area contributed by atoms with Crippen LogP contribution in [0.2, 0.25) is 0 Å². The summed E-state index contributed by atoms with van der Waals surface area (Å²) >= 11 is 0. The molecule has 2 aromatic rings. The van der Waals surface area contributed by atoms with Crippen LogP contribution < -0.4 is 0 Å². The second kappa shape index (κ2) is 4.64. The molecule has 2 heterocycles. The number of nitrogens with zero attached hydrogens (tertiary/aromatic N) is 4. The van der Waals surface area contributed by atoms with Crippen LogP contribution in [0.5, 0.6) is 0 Å². The Morgan fingerprint density at radius 2 is 2.11 bits per heavy atom. The van der Waals surface area contributed by atoms with Crippen LogP contribution in [0.25, 0.3) is 11.5 Å². The molecule has 0 amide bonds. The molecule has 0 saturated carbocycles. The Morgan fingerprint density at radius 3 is 2.72 bits per heavy atom. The molecule has 0 saturated heterocycles. The lowest BCUT2D eigenvalue weighted by Gasteiger charge is -2.14. The average molecular weight is 246 g/mol. The number of carbonyl (C=O) groups excluding carboxylic acids is 1. The number of carbonyl (C=O) groups is 1. The van der Waals surface area contributed by atoms with Crippen molar-refractivity contribution in [1.29, 1.82) is 0 Å². The largest absolute Gasteiger partial charge is 0.338 e. The Hall–Kier alpha value is -2.11. The van der Waals surface area contributed by atoms with Crippen molar-refractivity contribution in [3.63, 3.8) is 0 Å². The molecule has 2 rings (SSSR count). The molecule has 0 N–H and O–H groups in total. The van der Waals surface area contributed by atoms with Gasteiger partial charge < -0.3 is 4.52 Å². The molecule has 0 unspecified atom stereocenters. The summed E-state index contributed by atoms with van der Waals surface area (Å²) in [5.74, 6) is 0.701. The number of rotatable bonds is 3. The van der Waals surface area contributed by atoms with Crippen LogP contribution in [0.4, 0.5) is 0 Å². The predicted molar refractivity (Wildman–Crippen MR) is 63.5 cm³/mol. The Morgan fingerprint density at radius 1 is 1.33 bits per heavy atom. The molecular weight excluding hydrogens is 232 g/mol. The van der Waals surface area contributed by atoms with E-state index in [1.165, 1.54) is 0 Å². The molecule has 18 heavy (non-hydrogen) atoms. The van der Waals surface area contributed by atoms with Crippen LogP contribution in [0.3, 0.4) is 0 Å². The number of Topliss-reactive ketones (excluding diaryl/α,β-unsaturated/α-hetero) is 1. The zero-order valence-corrected chi connectivity index (χ0v) is 10.5. The molecule has 0 aromatic carbocycles. The zero-order valence-electron chi connectivity index (χ0n) is 10.5. The first-order valence-corrected chi connectivity index (χ1v) is 5.59. The summed E-state index contributed by atoms with van der Waals surface area (Å²) in [7, 11) is 0. The zero-order chi connectivity index (χ0) is 13.2. The minimum atomic E-state index is -0.415. The molecule has 0 radical (unpaired) electrons. The van der Waals surface area contributed by atoms with Gasteiger partial charge in [0.2, 0.25) is 11.7 Å². The van der Waals surface area contributed by atoms with Gasteiger partial charge in [-0.2, -0.15) is 4.98 Å². The maximum atomic E-state index is 11.8. The van der Waals surface area contributed by atoms with Crippen LogP contribution >= 0.6 is 0 Å². The highest BCUT2D eigenvalue weighted by atomic mass is 16.5. The maximum Gasteiger partial charge on any atom is 0.234 e. The van der Waals surface area contributed by atoms with Gasteiger partial charge in [0.15, 0.2) is 0 Å². The molecule has 0 fully saturated rings. The first kappa shape index (κ1) is 12.3. The molecule has 0 aliphatic carbocycles. The lowest BCUT2D eigenvalue weighted by Crippen LogP contribution is -2.22. The summed E-state index contributed by atoms with van der Waals surface area (Å²) in [4.78, 5) is 23.9. The monoisotopic (exact) mass is 246 g/mol. The van der Waals surface area contributed by atoms with Gasteiger partial charge in [0, 0.05) is 17.8 Å². The minimum Gasteiger partial charge on any atom is -0.338 e. The molecule has 6 heteroatoms. The van der Waals surface area contributed by atoms with E-state index in [1.807, 2.05) is 20.8 Å². The van der Waals surface area contributed by atoms with E-state index in [9.17, 15) is 4.79 Å². The number of aromatic nitrogens is 4. The number of ketones is 1. The Kier molecular flexibility index (Phi) is 3.18. The quantitative estimate of drug-likeness (QED) is 0.819. The molecule has 0 spiro atoms. The topological polar surface area (TPSA) is 81.8 Å². The van der Waals surface area contributed by atoms with Crippen molar-refractivity contribution in [2.45, 2.75) is 27.2 Å². The minimum absolute atomic E-state index is 0.0526. The number of hydrogen-bond acceptors (Lipinski definition) is 6. The summed E-state index contributed by atoms with van der Waals surface area (Å²) in [6.07, 6.45) is 4.79. The van der Waals surface area contributed by atoms with Gasteiger partial charge in [-0.1, -0.05) is 25.9 Å². The van der Waals surface area contributed by atoms with Crippen LogP contribution in [-0.4, -0.2) is 25.9 Å². The van der Waals surface area contributed by atoms with E-state index in [-0.39, 0.29) is 12.2 Å². The fraction of sp³-hybridized carbons (Fsp3) is 0.417. The van der Waals surface area contributed by atoms with Gasteiger partial charge in [0.1, 0.15) is 11.5 Å². The second-order valence-electron chi connectivity index (χ2n) is 4.95. The van der Waals surface area contributed by atoms with Crippen molar-refractivity contribution in [1.82, 2.24) is 20.1 Å². The van der Waals surface area contributed by atoms with Crippen molar-refractivity contribution in [3.05, 3.63) is 24.5 Å². The predicted octanol–water partition coefficient (Wildman–Crippen LogP) is 1.68. The summed E-state index contributed by atoms with van der Waals surface area (Å²) in [6, 6.07) is 0. The molecule has 0 bridgehead atoms. The molecular formula is C12H14N4O2. The Balaban J connectivity index is 2.15. The van der Waals surface area contributed by atoms with Crippen molar-refractivity contribution >= 4 is 5.78 Å². The van der Waals surface area contributed by atoms with Gasteiger partial charge in [-0.15, -0.1) is 0 Å². The average Bonchev–Trinajstić information content (AvgIpc) is 2.77. The second-order valence-corrected chi connectivity index (χ2v) is 4.95. The van der Waals surface area contributed by atoms with Crippen LogP contribution in [0, 0.1) is 5.41 Å². The first-order chi connectivity index (χ1) is 8.47. The standard InChI is InChI=1S/C12H14N4O2/c1-12(2,3)9(17)6-10-15-11(16-18-10)8-7-13-4-5-14-8/h4-5,7H,6H2,1-3H3. The molecule has 2 aromatic heterocycles. The van der Waals surface area contributed by atoms with Crippen molar-refractivity contribution in [3.8, 4) is 11.5 Å². The molecule has 0 atom stereocenters. The maximum absolute atomic E-state index is 11.8. The SMILES string of the molecule is CC(C)(C)C(=O)Cc1nc(-c2cnccn2)no1. The summed E-state index contributed by atoms with van der Waals surface area (Å²) < 4.78 is 5.04. The van der Waals surface area contributed by atoms with Gasteiger partial charge in [0.25, 0.3) is 0 Å². The number of hydrogen-bond donors (Lipinski definition) is 0. The van der Waals surface area contributed by atoms with Gasteiger partial charge in [-0.25, -0.2) is 4.98 Å². The van der Waals surface area contributed by atoms with E-state index in [0.29, 0.717) is 17.4 Å². The van der Waals surface area contributed by atoms with Gasteiger partial charge in [0.05, 0.1) is 12.6 Å². The van der Waals surface area contributed by atoms with E-state index >= 15 is 0 Å². The molecule has 0 aliphatic rings. The fourth-order valence-electron chi connectivity index (χ4n) is 1.25. The lowest BCUT2D eigenvalue weighted by molar-refractivity contribution is -0.125. The normalized spacial score (nSPS) is 11.5. The van der Waals surface area contributed by atoms with Crippen molar-refractivity contribution in [2.24, 2.45) is 5.41 Å². The van der Waals surface area contributed by atoms with Gasteiger partial charge >= 0.3 is 0 Å². The highest BCUT2D eigenvalue weighted by Gasteiger charge is 2.24. The Bertz CT molecular complexity index is 543. The van der Waals surface area contributed by atoms with Crippen molar-refractivity contribution in [2.75, 3.05) is 0 Å². The third-order valence-corrected chi connectivity index (χ3v) is 2.41.